The quantitative estimate of drug-likeness (QED) is 0.715. The second-order valence-corrected chi connectivity index (χ2v) is 7.43. The number of rotatable bonds is 4. The minimum Gasteiger partial charge on any atom is -0.354 e. The number of amides is 1. The Morgan fingerprint density at radius 1 is 1.10 bits per heavy atom. The highest BCUT2D eigenvalue weighted by Gasteiger charge is 2.27. The highest BCUT2D eigenvalue weighted by Crippen LogP contribution is 2.24. The molecule has 3 aromatic rings. The number of hydrogen-bond donors (Lipinski definition) is 1. The van der Waals surface area contributed by atoms with Crippen molar-refractivity contribution in [2.24, 2.45) is 5.92 Å². The van der Waals surface area contributed by atoms with Gasteiger partial charge in [-0.25, -0.2) is 4.39 Å². The summed E-state index contributed by atoms with van der Waals surface area (Å²) in [4.78, 5) is 14.7. The molecular formula is C23H23FN4O. The van der Waals surface area contributed by atoms with Gasteiger partial charge >= 0.3 is 0 Å². The predicted molar refractivity (Wildman–Crippen MR) is 112 cm³/mol. The third-order valence-electron chi connectivity index (χ3n) is 5.17. The molecule has 0 saturated carbocycles. The van der Waals surface area contributed by atoms with Gasteiger partial charge in [0.25, 0.3) is 0 Å². The zero-order valence-electron chi connectivity index (χ0n) is 16.3. The van der Waals surface area contributed by atoms with Crippen molar-refractivity contribution in [3.8, 4) is 11.3 Å². The second kappa shape index (κ2) is 8.39. The molecule has 1 amide bonds. The SMILES string of the molecule is Cc1cccc(-c2ccc(N3CCC[C@H](C(=O)Nc4cccc(F)c4)C3)nn2)c1. The fraction of sp³-hybridized carbons (Fsp3) is 0.261. The molecule has 0 radical (unpaired) electrons. The van der Waals surface area contributed by atoms with Crippen LogP contribution in [0, 0.1) is 18.7 Å². The Kier molecular flexibility index (Phi) is 5.51. The van der Waals surface area contributed by atoms with Crippen molar-refractivity contribution in [1.29, 1.82) is 0 Å². The Balaban J connectivity index is 1.43. The number of anilines is 2. The van der Waals surface area contributed by atoms with Gasteiger partial charge in [0, 0.05) is 24.3 Å². The van der Waals surface area contributed by atoms with E-state index < -0.39 is 0 Å². The first-order valence-corrected chi connectivity index (χ1v) is 9.80. The summed E-state index contributed by atoms with van der Waals surface area (Å²) in [6.07, 6.45) is 1.69. The number of hydrogen-bond acceptors (Lipinski definition) is 4. The average molecular weight is 390 g/mol. The van der Waals surface area contributed by atoms with E-state index in [4.69, 9.17) is 0 Å². The first-order valence-electron chi connectivity index (χ1n) is 9.80. The van der Waals surface area contributed by atoms with Gasteiger partial charge in [0.05, 0.1) is 11.6 Å². The van der Waals surface area contributed by atoms with Crippen LogP contribution in [0.2, 0.25) is 0 Å². The Bertz CT molecular complexity index is 1010. The largest absolute Gasteiger partial charge is 0.354 e. The maximum Gasteiger partial charge on any atom is 0.229 e. The molecule has 0 bridgehead atoms. The average Bonchev–Trinajstić information content (AvgIpc) is 2.74. The van der Waals surface area contributed by atoms with Gasteiger partial charge in [-0.2, -0.15) is 0 Å². The van der Waals surface area contributed by atoms with Crippen molar-refractivity contribution < 1.29 is 9.18 Å². The topological polar surface area (TPSA) is 58.1 Å². The summed E-state index contributed by atoms with van der Waals surface area (Å²) in [6, 6.07) is 18.0. The van der Waals surface area contributed by atoms with Crippen molar-refractivity contribution in [2.45, 2.75) is 19.8 Å². The predicted octanol–water partition coefficient (Wildman–Crippen LogP) is 4.45. The molecule has 2 aromatic carbocycles. The molecule has 0 unspecified atom stereocenters. The van der Waals surface area contributed by atoms with Gasteiger partial charge in [-0.1, -0.05) is 29.8 Å². The third-order valence-corrected chi connectivity index (χ3v) is 5.17. The summed E-state index contributed by atoms with van der Waals surface area (Å²) in [5.74, 6) is 0.136. The molecule has 4 rings (SSSR count). The second-order valence-electron chi connectivity index (χ2n) is 7.43. The molecule has 1 atom stereocenters. The van der Waals surface area contributed by atoms with E-state index in [1.54, 1.807) is 12.1 Å². The van der Waals surface area contributed by atoms with Crippen molar-refractivity contribution in [1.82, 2.24) is 10.2 Å². The smallest absolute Gasteiger partial charge is 0.229 e. The van der Waals surface area contributed by atoms with Crippen LogP contribution in [0.25, 0.3) is 11.3 Å². The first-order chi connectivity index (χ1) is 14.1. The normalized spacial score (nSPS) is 16.5. The summed E-state index contributed by atoms with van der Waals surface area (Å²) in [6.45, 7) is 3.45. The molecule has 148 valence electrons. The third kappa shape index (κ3) is 4.59. The maximum absolute atomic E-state index is 13.3. The first kappa shape index (κ1) is 19.1. The zero-order valence-corrected chi connectivity index (χ0v) is 16.3. The number of halogens is 1. The lowest BCUT2D eigenvalue weighted by Crippen LogP contribution is -2.41. The molecule has 1 fully saturated rings. The fourth-order valence-corrected chi connectivity index (χ4v) is 3.66. The van der Waals surface area contributed by atoms with Crippen LogP contribution >= 0.6 is 0 Å². The summed E-state index contributed by atoms with van der Waals surface area (Å²) < 4.78 is 13.3. The standard InChI is InChI=1S/C23H23FN4O/c1-16-5-2-6-17(13-16)21-10-11-22(27-26-21)28-12-4-7-18(15-28)23(29)25-20-9-3-8-19(24)14-20/h2-3,5-6,8-11,13-14,18H,4,7,12,15H2,1H3,(H,25,29)/t18-/m0/s1. The van der Waals surface area contributed by atoms with Gasteiger partial charge in [0.2, 0.25) is 5.91 Å². The van der Waals surface area contributed by atoms with Crippen LogP contribution in [0.5, 0.6) is 0 Å². The summed E-state index contributed by atoms with van der Waals surface area (Å²) in [5.41, 5.74) is 3.52. The fourth-order valence-electron chi connectivity index (χ4n) is 3.66. The van der Waals surface area contributed by atoms with E-state index in [1.165, 1.54) is 17.7 Å². The number of carbonyl (C=O) groups excluding carboxylic acids is 1. The molecule has 29 heavy (non-hydrogen) atoms. The van der Waals surface area contributed by atoms with E-state index in [0.717, 1.165) is 36.5 Å². The van der Waals surface area contributed by atoms with E-state index >= 15 is 0 Å². The Hall–Kier alpha value is -3.28. The van der Waals surface area contributed by atoms with Crippen molar-refractivity contribution in [3.05, 3.63) is 72.0 Å². The van der Waals surface area contributed by atoms with Gasteiger partial charge in [0.15, 0.2) is 5.82 Å². The van der Waals surface area contributed by atoms with E-state index in [2.05, 4.69) is 26.5 Å². The lowest BCUT2D eigenvalue weighted by atomic mass is 9.97. The van der Waals surface area contributed by atoms with Crippen LogP contribution in [0.3, 0.4) is 0 Å². The molecule has 1 aromatic heterocycles. The Morgan fingerprint density at radius 2 is 1.97 bits per heavy atom. The van der Waals surface area contributed by atoms with Gasteiger partial charge in [-0.3, -0.25) is 4.79 Å². The highest BCUT2D eigenvalue weighted by molar-refractivity contribution is 5.93. The van der Waals surface area contributed by atoms with E-state index in [9.17, 15) is 9.18 Å². The monoisotopic (exact) mass is 390 g/mol. The number of nitrogens with one attached hydrogen (secondary N) is 1. The molecule has 5 nitrogen and oxygen atoms in total. The molecular weight excluding hydrogens is 367 g/mol. The molecule has 1 saturated heterocycles. The lowest BCUT2D eigenvalue weighted by Gasteiger charge is -2.32. The number of piperidine rings is 1. The molecule has 1 aliphatic heterocycles. The van der Waals surface area contributed by atoms with E-state index in [-0.39, 0.29) is 17.6 Å². The van der Waals surface area contributed by atoms with Gasteiger partial charge in [-0.15, -0.1) is 10.2 Å². The van der Waals surface area contributed by atoms with E-state index in [1.807, 2.05) is 37.3 Å². The molecule has 6 heteroatoms. The number of aryl methyl sites for hydroxylation is 1. The van der Waals surface area contributed by atoms with Crippen LogP contribution in [0.15, 0.2) is 60.7 Å². The number of nitrogens with zero attached hydrogens (tertiary/aromatic N) is 3. The van der Waals surface area contributed by atoms with Crippen LogP contribution in [0.4, 0.5) is 15.9 Å². The highest BCUT2D eigenvalue weighted by atomic mass is 19.1. The summed E-state index contributed by atoms with van der Waals surface area (Å²) >= 11 is 0. The minimum atomic E-state index is -0.364. The maximum atomic E-state index is 13.3. The van der Waals surface area contributed by atoms with Crippen molar-refractivity contribution >= 4 is 17.4 Å². The molecule has 1 N–H and O–H groups in total. The molecule has 1 aliphatic rings. The van der Waals surface area contributed by atoms with Crippen LogP contribution in [-0.4, -0.2) is 29.2 Å². The zero-order chi connectivity index (χ0) is 20.2. The Morgan fingerprint density at radius 3 is 2.72 bits per heavy atom. The minimum absolute atomic E-state index is 0.0929. The van der Waals surface area contributed by atoms with Crippen LogP contribution in [-0.2, 0) is 4.79 Å². The molecule has 0 spiro atoms. The summed E-state index contributed by atoms with van der Waals surface area (Å²) in [5, 5.41) is 11.6. The summed E-state index contributed by atoms with van der Waals surface area (Å²) in [7, 11) is 0. The van der Waals surface area contributed by atoms with Crippen LogP contribution < -0.4 is 10.2 Å². The van der Waals surface area contributed by atoms with Gasteiger partial charge < -0.3 is 10.2 Å². The van der Waals surface area contributed by atoms with Gasteiger partial charge in [0.1, 0.15) is 5.82 Å². The lowest BCUT2D eigenvalue weighted by molar-refractivity contribution is -0.120. The molecule has 0 aliphatic carbocycles. The van der Waals surface area contributed by atoms with Gasteiger partial charge in [-0.05, 0) is 56.2 Å². The Labute approximate surface area is 169 Å². The van der Waals surface area contributed by atoms with E-state index in [0.29, 0.717) is 12.2 Å². The van der Waals surface area contributed by atoms with Crippen molar-refractivity contribution in [3.63, 3.8) is 0 Å². The number of aromatic nitrogens is 2. The van der Waals surface area contributed by atoms with Crippen molar-refractivity contribution in [2.75, 3.05) is 23.3 Å². The number of benzene rings is 2. The number of carbonyl (C=O) groups is 1. The molecule has 2 heterocycles. The van der Waals surface area contributed by atoms with Crippen LogP contribution in [0.1, 0.15) is 18.4 Å².